The molecule has 1 fully saturated rings. The van der Waals surface area contributed by atoms with Crippen LogP contribution in [0.3, 0.4) is 0 Å². The molecule has 0 unspecified atom stereocenters. The molecule has 7 heteroatoms. The molecular weight excluding hydrogens is 374 g/mol. The smallest absolute Gasteiger partial charge is 0.317 e. The average Bonchev–Trinajstić information content (AvgIpc) is 2.62. The van der Waals surface area contributed by atoms with Gasteiger partial charge in [0.25, 0.3) is 0 Å². The Morgan fingerprint density at radius 2 is 1.61 bits per heavy atom. The normalized spacial score (nSPS) is 20.4. The van der Waals surface area contributed by atoms with Crippen LogP contribution in [-0.2, 0) is 10.0 Å². The highest BCUT2D eigenvalue weighted by atomic mass is 32.2. The van der Waals surface area contributed by atoms with Gasteiger partial charge >= 0.3 is 6.01 Å². The van der Waals surface area contributed by atoms with Gasteiger partial charge < -0.3 is 4.74 Å². The fourth-order valence-electron chi connectivity index (χ4n) is 3.31. The zero-order valence-corrected chi connectivity index (χ0v) is 17.4. The number of rotatable bonds is 6. The summed E-state index contributed by atoms with van der Waals surface area (Å²) in [5.74, 6) is 0. The Labute approximate surface area is 167 Å². The van der Waals surface area contributed by atoms with Crippen molar-refractivity contribution >= 4 is 16.1 Å². The number of benzene rings is 1. The van der Waals surface area contributed by atoms with Gasteiger partial charge in [0.05, 0.1) is 0 Å². The first-order valence-electron chi connectivity index (χ1n) is 9.55. The molecule has 0 radical (unpaired) electrons. The van der Waals surface area contributed by atoms with Gasteiger partial charge in [-0.3, -0.25) is 0 Å². The predicted molar refractivity (Wildman–Crippen MR) is 110 cm³/mol. The first-order chi connectivity index (χ1) is 13.3. The van der Waals surface area contributed by atoms with Gasteiger partial charge in [-0.1, -0.05) is 29.8 Å². The summed E-state index contributed by atoms with van der Waals surface area (Å²) in [4.78, 5) is 8.62. The molecule has 150 valence electrons. The van der Waals surface area contributed by atoms with Gasteiger partial charge in [-0.2, -0.15) is 0 Å². The third-order valence-corrected chi connectivity index (χ3v) is 5.91. The summed E-state index contributed by atoms with van der Waals surface area (Å²) in [7, 11) is -3.47. The highest BCUT2D eigenvalue weighted by molar-refractivity contribution is 7.92. The second-order valence-electron chi connectivity index (χ2n) is 7.40. The number of hydrogen-bond acceptors (Lipinski definition) is 5. The van der Waals surface area contributed by atoms with E-state index in [1.165, 1.54) is 5.41 Å². The molecule has 0 bridgehead atoms. The lowest BCUT2D eigenvalue weighted by Gasteiger charge is -2.28. The molecule has 1 saturated carbocycles. The summed E-state index contributed by atoms with van der Waals surface area (Å²) >= 11 is 0. The minimum absolute atomic E-state index is 0.0186. The van der Waals surface area contributed by atoms with Gasteiger partial charge in [-0.05, 0) is 64.2 Å². The molecule has 1 aliphatic rings. The molecule has 1 N–H and O–H groups in total. The van der Waals surface area contributed by atoms with Crippen molar-refractivity contribution in [2.45, 2.75) is 58.6 Å². The number of aromatic nitrogens is 2. The van der Waals surface area contributed by atoms with Gasteiger partial charge in [0.15, 0.2) is 0 Å². The molecule has 3 rings (SSSR count). The first-order valence-corrected chi connectivity index (χ1v) is 11.1. The first kappa shape index (κ1) is 20.5. The van der Waals surface area contributed by atoms with E-state index in [0.29, 0.717) is 6.01 Å². The monoisotopic (exact) mass is 401 g/mol. The Bertz CT molecular complexity index is 912. The highest BCUT2D eigenvalue weighted by Gasteiger charge is 2.25. The van der Waals surface area contributed by atoms with Crippen LogP contribution in [0.4, 0.5) is 0 Å². The Hall–Kier alpha value is -2.25. The number of nitrogens with one attached hydrogen (secondary N) is 1. The molecular formula is C21H27N3O3S. The van der Waals surface area contributed by atoms with Crippen molar-refractivity contribution in [3.8, 4) is 6.01 Å². The van der Waals surface area contributed by atoms with Crippen molar-refractivity contribution in [3.05, 3.63) is 58.3 Å². The summed E-state index contributed by atoms with van der Waals surface area (Å²) in [6, 6.07) is 9.96. The number of aryl methyl sites for hydroxylation is 3. The second-order valence-corrected chi connectivity index (χ2v) is 9.00. The summed E-state index contributed by atoms with van der Waals surface area (Å²) < 4.78 is 33.3. The van der Waals surface area contributed by atoms with Crippen LogP contribution in [0.2, 0.25) is 0 Å². The van der Waals surface area contributed by atoms with E-state index in [9.17, 15) is 8.42 Å². The minimum Gasteiger partial charge on any atom is -0.460 e. The predicted octanol–water partition coefficient (Wildman–Crippen LogP) is 3.68. The third kappa shape index (κ3) is 6.14. The molecule has 1 heterocycles. The van der Waals surface area contributed by atoms with Crippen LogP contribution in [-0.4, -0.2) is 30.5 Å². The number of nitrogens with zero attached hydrogens (tertiary/aromatic N) is 2. The van der Waals surface area contributed by atoms with Gasteiger partial charge in [0.2, 0.25) is 10.0 Å². The van der Waals surface area contributed by atoms with Crippen LogP contribution in [0, 0.1) is 20.8 Å². The van der Waals surface area contributed by atoms with E-state index in [4.69, 9.17) is 4.74 Å². The summed E-state index contributed by atoms with van der Waals surface area (Å²) in [5.41, 5.74) is 3.76. The molecule has 0 spiro atoms. The SMILES string of the molecule is Cc1ccc(/C=C/S(=O)(=O)NC2CCC(Oc3nc(C)cc(C)n3)CC2)cc1. The zero-order chi connectivity index (χ0) is 20.1. The fraction of sp³-hybridized carbons (Fsp3) is 0.429. The minimum atomic E-state index is -3.47. The lowest BCUT2D eigenvalue weighted by atomic mass is 9.94. The molecule has 2 aromatic rings. The summed E-state index contributed by atoms with van der Waals surface area (Å²) in [6.07, 6.45) is 4.63. The van der Waals surface area contributed by atoms with Crippen molar-refractivity contribution in [1.29, 1.82) is 0 Å². The largest absolute Gasteiger partial charge is 0.460 e. The number of hydrogen-bond donors (Lipinski definition) is 1. The van der Waals surface area contributed by atoms with Crippen molar-refractivity contribution in [3.63, 3.8) is 0 Å². The van der Waals surface area contributed by atoms with Crippen molar-refractivity contribution in [2.75, 3.05) is 0 Å². The lowest BCUT2D eigenvalue weighted by Crippen LogP contribution is -2.39. The van der Waals surface area contributed by atoms with E-state index in [0.717, 1.165) is 48.2 Å². The molecule has 1 aromatic carbocycles. The van der Waals surface area contributed by atoms with E-state index in [-0.39, 0.29) is 12.1 Å². The average molecular weight is 402 g/mol. The van der Waals surface area contributed by atoms with Gasteiger partial charge in [0.1, 0.15) is 6.10 Å². The number of ether oxygens (including phenoxy) is 1. The Morgan fingerprint density at radius 3 is 2.21 bits per heavy atom. The topological polar surface area (TPSA) is 81.2 Å². The molecule has 0 aliphatic heterocycles. The highest BCUT2D eigenvalue weighted by Crippen LogP contribution is 2.23. The van der Waals surface area contributed by atoms with Crippen LogP contribution in [0.15, 0.2) is 35.7 Å². The molecule has 0 atom stereocenters. The lowest BCUT2D eigenvalue weighted by molar-refractivity contribution is 0.132. The summed E-state index contributed by atoms with van der Waals surface area (Å²) in [5, 5.41) is 1.24. The van der Waals surface area contributed by atoms with Crippen LogP contribution >= 0.6 is 0 Å². The van der Waals surface area contributed by atoms with E-state index >= 15 is 0 Å². The molecule has 6 nitrogen and oxygen atoms in total. The molecule has 28 heavy (non-hydrogen) atoms. The van der Waals surface area contributed by atoms with E-state index in [1.807, 2.05) is 51.1 Å². The van der Waals surface area contributed by atoms with Gasteiger partial charge in [0, 0.05) is 22.8 Å². The maximum atomic E-state index is 12.3. The van der Waals surface area contributed by atoms with Crippen molar-refractivity contribution < 1.29 is 13.2 Å². The summed E-state index contributed by atoms with van der Waals surface area (Å²) in [6.45, 7) is 5.83. The Morgan fingerprint density at radius 1 is 1.00 bits per heavy atom. The van der Waals surface area contributed by atoms with Crippen LogP contribution in [0.5, 0.6) is 6.01 Å². The van der Waals surface area contributed by atoms with Crippen molar-refractivity contribution in [2.24, 2.45) is 0 Å². The van der Waals surface area contributed by atoms with Gasteiger partial charge in [-0.25, -0.2) is 23.1 Å². The van der Waals surface area contributed by atoms with Crippen LogP contribution in [0.25, 0.3) is 6.08 Å². The second kappa shape index (κ2) is 8.84. The maximum absolute atomic E-state index is 12.3. The van der Waals surface area contributed by atoms with E-state index in [2.05, 4.69) is 14.7 Å². The van der Waals surface area contributed by atoms with Crippen LogP contribution < -0.4 is 9.46 Å². The standard InChI is InChI=1S/C21H27N3O3S/c1-15-4-6-18(7-5-15)12-13-28(25,26)24-19-8-10-20(11-9-19)27-21-22-16(2)14-17(3)23-21/h4-7,12-14,19-20,24H,8-11H2,1-3H3/b13-12+. The van der Waals surface area contributed by atoms with Crippen LogP contribution in [0.1, 0.15) is 48.2 Å². The maximum Gasteiger partial charge on any atom is 0.317 e. The number of sulfonamides is 1. The van der Waals surface area contributed by atoms with Gasteiger partial charge in [-0.15, -0.1) is 0 Å². The molecule has 1 aliphatic carbocycles. The molecule has 1 aromatic heterocycles. The van der Waals surface area contributed by atoms with Crippen molar-refractivity contribution in [1.82, 2.24) is 14.7 Å². The Balaban J connectivity index is 1.51. The molecule has 0 saturated heterocycles. The van der Waals surface area contributed by atoms with E-state index < -0.39 is 10.0 Å². The quantitative estimate of drug-likeness (QED) is 0.798. The van der Waals surface area contributed by atoms with E-state index in [1.54, 1.807) is 6.08 Å². The third-order valence-electron chi connectivity index (χ3n) is 4.76. The molecule has 0 amide bonds. The fourth-order valence-corrected chi connectivity index (χ4v) is 4.43. The Kier molecular flexibility index (Phi) is 6.46. The zero-order valence-electron chi connectivity index (χ0n) is 16.6.